The lowest BCUT2D eigenvalue weighted by Crippen LogP contribution is -2.25. The third-order valence-corrected chi connectivity index (χ3v) is 6.94. The lowest BCUT2D eigenvalue weighted by molar-refractivity contribution is 0.0955. The fraction of sp³-hybridized carbons (Fsp3) is 0.381. The van der Waals surface area contributed by atoms with Crippen LogP contribution in [0.3, 0.4) is 0 Å². The van der Waals surface area contributed by atoms with Crippen LogP contribution in [-0.2, 0) is 5.75 Å². The van der Waals surface area contributed by atoms with Crippen LogP contribution in [0.1, 0.15) is 33.0 Å². The summed E-state index contributed by atoms with van der Waals surface area (Å²) in [4.78, 5) is 34.1. The number of carbonyl (C=O) groups is 1. The van der Waals surface area contributed by atoms with Crippen LogP contribution >= 0.6 is 23.1 Å². The van der Waals surface area contributed by atoms with Gasteiger partial charge in [0.15, 0.2) is 11.5 Å². The first-order valence-corrected chi connectivity index (χ1v) is 11.7. The Morgan fingerprint density at radius 2 is 2.07 bits per heavy atom. The average Bonchev–Trinajstić information content (AvgIpc) is 2.89. The van der Waals surface area contributed by atoms with Crippen molar-refractivity contribution in [2.75, 3.05) is 25.5 Å². The van der Waals surface area contributed by atoms with Crippen molar-refractivity contribution in [2.45, 2.75) is 26.0 Å². The van der Waals surface area contributed by atoms with Crippen molar-refractivity contribution in [2.24, 2.45) is 0 Å². The highest BCUT2D eigenvalue weighted by atomic mass is 32.2. The number of fused-ring (bicyclic) bond motifs is 2. The van der Waals surface area contributed by atoms with Crippen LogP contribution in [-0.4, -0.2) is 41.4 Å². The molecule has 1 amide bonds. The highest BCUT2D eigenvalue weighted by Gasteiger charge is 2.14. The van der Waals surface area contributed by atoms with E-state index in [-0.39, 0.29) is 11.5 Å². The highest BCUT2D eigenvalue weighted by molar-refractivity contribution is 7.98. The monoisotopic (exact) mass is 445 g/mol. The van der Waals surface area contributed by atoms with Crippen molar-refractivity contribution in [3.8, 4) is 11.5 Å². The molecule has 0 bridgehead atoms. The Morgan fingerprint density at radius 3 is 2.90 bits per heavy atom. The topological polar surface area (TPSA) is 93.3 Å². The van der Waals surface area contributed by atoms with E-state index in [0.29, 0.717) is 59.5 Å². The molecule has 3 heterocycles. The number of nitrogens with zero attached hydrogens (tertiary/aromatic N) is 1. The Morgan fingerprint density at radius 1 is 1.27 bits per heavy atom. The summed E-state index contributed by atoms with van der Waals surface area (Å²) in [6, 6.07) is 5.24. The van der Waals surface area contributed by atoms with Crippen molar-refractivity contribution < 1.29 is 14.3 Å². The second-order valence-electron chi connectivity index (χ2n) is 7.00. The number of ether oxygens (including phenoxy) is 2. The minimum Gasteiger partial charge on any atom is -0.490 e. The number of rotatable bonds is 6. The van der Waals surface area contributed by atoms with Gasteiger partial charge in [-0.2, -0.15) is 11.8 Å². The van der Waals surface area contributed by atoms with E-state index in [9.17, 15) is 9.59 Å². The second-order valence-corrected chi connectivity index (χ2v) is 9.30. The number of aromatic amines is 1. The van der Waals surface area contributed by atoms with E-state index < -0.39 is 0 Å². The van der Waals surface area contributed by atoms with Gasteiger partial charge in [0.25, 0.3) is 11.5 Å². The summed E-state index contributed by atoms with van der Waals surface area (Å²) in [6.45, 7) is 5.67. The first-order valence-electron chi connectivity index (χ1n) is 9.77. The standard InChI is InChI=1S/C21H23N3O4S2/c1-12-13(2)30-21-18(12)20(26)23-17(24-21)11-29-9-6-22-19(25)14-4-5-15-16(10-14)28-8-3-7-27-15/h4-5,10H,3,6-9,11H2,1-2H3,(H,22,25)(H,23,24,26). The summed E-state index contributed by atoms with van der Waals surface area (Å²) in [6.07, 6.45) is 0.826. The molecule has 2 N–H and O–H groups in total. The zero-order chi connectivity index (χ0) is 21.1. The molecular formula is C21H23N3O4S2. The molecule has 7 nitrogen and oxygen atoms in total. The van der Waals surface area contributed by atoms with Crippen LogP contribution in [0.5, 0.6) is 11.5 Å². The Hall–Kier alpha value is -2.52. The molecule has 0 unspecified atom stereocenters. The first-order chi connectivity index (χ1) is 14.5. The molecule has 1 aliphatic rings. The molecule has 0 aliphatic carbocycles. The third-order valence-electron chi connectivity index (χ3n) is 4.87. The van der Waals surface area contributed by atoms with Gasteiger partial charge in [0.05, 0.1) is 24.4 Å². The van der Waals surface area contributed by atoms with E-state index in [1.54, 1.807) is 41.3 Å². The largest absolute Gasteiger partial charge is 0.490 e. The summed E-state index contributed by atoms with van der Waals surface area (Å²) in [5.41, 5.74) is 1.46. The SMILES string of the molecule is Cc1sc2nc(CSCCNC(=O)c3ccc4c(c3)OCCCO4)[nH]c(=O)c2c1C. The molecule has 0 atom stereocenters. The Bertz CT molecular complexity index is 1140. The summed E-state index contributed by atoms with van der Waals surface area (Å²) >= 11 is 3.16. The van der Waals surface area contributed by atoms with E-state index in [1.165, 1.54) is 0 Å². The van der Waals surface area contributed by atoms with E-state index in [4.69, 9.17) is 9.47 Å². The number of carbonyl (C=O) groups excluding carboxylic acids is 1. The van der Waals surface area contributed by atoms with Crippen molar-refractivity contribution in [3.05, 3.63) is 50.4 Å². The summed E-state index contributed by atoms with van der Waals surface area (Å²) < 4.78 is 11.2. The molecular weight excluding hydrogens is 422 g/mol. The molecule has 1 aliphatic heterocycles. The summed E-state index contributed by atoms with van der Waals surface area (Å²) in [5, 5.41) is 3.60. The maximum Gasteiger partial charge on any atom is 0.259 e. The quantitative estimate of drug-likeness (QED) is 0.565. The number of H-pyrrole nitrogens is 1. The molecule has 0 spiro atoms. The van der Waals surface area contributed by atoms with Gasteiger partial charge in [-0.1, -0.05) is 0 Å². The molecule has 4 rings (SSSR count). The zero-order valence-corrected chi connectivity index (χ0v) is 18.5. The molecule has 30 heavy (non-hydrogen) atoms. The number of thiophene rings is 1. The van der Waals surface area contributed by atoms with Gasteiger partial charge in [-0.25, -0.2) is 4.98 Å². The van der Waals surface area contributed by atoms with Gasteiger partial charge in [0.2, 0.25) is 0 Å². The third kappa shape index (κ3) is 4.46. The average molecular weight is 446 g/mol. The van der Waals surface area contributed by atoms with Gasteiger partial charge in [0, 0.05) is 29.2 Å². The summed E-state index contributed by atoms with van der Waals surface area (Å²) in [5.74, 6) is 3.09. The van der Waals surface area contributed by atoms with Crippen molar-refractivity contribution in [1.29, 1.82) is 0 Å². The number of thioether (sulfide) groups is 1. The Kier molecular flexibility index (Phi) is 6.29. The molecule has 1 aromatic carbocycles. The van der Waals surface area contributed by atoms with Crippen molar-refractivity contribution in [1.82, 2.24) is 15.3 Å². The minimum atomic E-state index is -0.149. The molecule has 0 saturated heterocycles. The van der Waals surface area contributed by atoms with Crippen LogP contribution < -0.4 is 20.3 Å². The number of hydrogen-bond donors (Lipinski definition) is 2. The van der Waals surface area contributed by atoms with E-state index >= 15 is 0 Å². The Labute approximate surface area is 182 Å². The van der Waals surface area contributed by atoms with Gasteiger partial charge in [-0.15, -0.1) is 11.3 Å². The smallest absolute Gasteiger partial charge is 0.259 e. The second kappa shape index (κ2) is 9.09. The molecule has 2 aromatic heterocycles. The summed E-state index contributed by atoms with van der Waals surface area (Å²) in [7, 11) is 0. The predicted octanol–water partition coefficient (Wildman–Crippen LogP) is 3.43. The van der Waals surface area contributed by atoms with Crippen molar-refractivity contribution >= 4 is 39.2 Å². The fourth-order valence-electron chi connectivity index (χ4n) is 3.18. The minimum absolute atomic E-state index is 0.0832. The lowest BCUT2D eigenvalue weighted by atomic mass is 10.2. The van der Waals surface area contributed by atoms with E-state index in [0.717, 1.165) is 21.7 Å². The van der Waals surface area contributed by atoms with Crippen LogP contribution in [0, 0.1) is 13.8 Å². The lowest BCUT2D eigenvalue weighted by Gasteiger charge is -2.10. The number of benzene rings is 1. The normalized spacial score (nSPS) is 13.3. The van der Waals surface area contributed by atoms with Crippen LogP contribution in [0.4, 0.5) is 0 Å². The van der Waals surface area contributed by atoms with Gasteiger partial charge in [-0.05, 0) is 37.6 Å². The number of nitrogens with one attached hydrogen (secondary N) is 2. The van der Waals surface area contributed by atoms with Gasteiger partial charge < -0.3 is 19.8 Å². The zero-order valence-electron chi connectivity index (χ0n) is 16.9. The maximum atomic E-state index is 12.4. The van der Waals surface area contributed by atoms with E-state index in [2.05, 4.69) is 15.3 Å². The first kappa shape index (κ1) is 20.7. The van der Waals surface area contributed by atoms with Crippen LogP contribution in [0.25, 0.3) is 10.2 Å². The molecule has 0 radical (unpaired) electrons. The number of hydrogen-bond acceptors (Lipinski definition) is 7. The highest BCUT2D eigenvalue weighted by Crippen LogP contribution is 2.30. The van der Waals surface area contributed by atoms with Crippen molar-refractivity contribution in [3.63, 3.8) is 0 Å². The Balaban J connectivity index is 1.28. The fourth-order valence-corrected chi connectivity index (χ4v) is 4.95. The number of amides is 1. The van der Waals surface area contributed by atoms with Gasteiger partial charge in [0.1, 0.15) is 10.7 Å². The van der Waals surface area contributed by atoms with E-state index in [1.807, 2.05) is 13.8 Å². The van der Waals surface area contributed by atoms with Gasteiger partial charge >= 0.3 is 0 Å². The van der Waals surface area contributed by atoms with Crippen LogP contribution in [0.15, 0.2) is 23.0 Å². The molecule has 0 fully saturated rings. The maximum absolute atomic E-state index is 12.4. The predicted molar refractivity (Wildman–Crippen MR) is 120 cm³/mol. The number of aryl methyl sites for hydroxylation is 2. The molecule has 9 heteroatoms. The molecule has 0 saturated carbocycles. The molecule has 3 aromatic rings. The van der Waals surface area contributed by atoms with Gasteiger partial charge in [-0.3, -0.25) is 9.59 Å². The molecule has 158 valence electrons. The van der Waals surface area contributed by atoms with Crippen LogP contribution in [0.2, 0.25) is 0 Å². The number of aromatic nitrogens is 2.